The van der Waals surface area contributed by atoms with Gasteiger partial charge in [0.05, 0.1) is 5.92 Å². The van der Waals surface area contributed by atoms with Gasteiger partial charge in [-0.25, -0.2) is 8.78 Å². The topological polar surface area (TPSA) is 60.2 Å². The highest BCUT2D eigenvalue weighted by Gasteiger charge is 2.22. The number of halogens is 2. The lowest BCUT2D eigenvalue weighted by atomic mass is 9.96. The predicted octanol–water partition coefficient (Wildman–Crippen LogP) is 1.91. The van der Waals surface area contributed by atoms with Gasteiger partial charge in [0.2, 0.25) is 6.54 Å². The number of benzene rings is 1. The van der Waals surface area contributed by atoms with Crippen molar-refractivity contribution >= 4 is 6.29 Å². The average Bonchev–Trinajstić information content (AvgIpc) is 2.21. The van der Waals surface area contributed by atoms with Gasteiger partial charge in [0.25, 0.3) is 0 Å². The Morgan fingerprint density at radius 2 is 2.12 bits per heavy atom. The molecule has 0 amide bonds. The van der Waals surface area contributed by atoms with Crippen molar-refractivity contribution in [1.82, 2.24) is 0 Å². The fourth-order valence-electron chi connectivity index (χ4n) is 1.43. The number of carbonyl (C=O) groups excluding carboxylic acids is 1. The second-order valence-corrected chi connectivity index (χ2v) is 3.26. The maximum atomic E-state index is 13.3. The summed E-state index contributed by atoms with van der Waals surface area (Å²) in [6.07, 6.45) is 0.250. The summed E-state index contributed by atoms with van der Waals surface area (Å²) in [5.74, 6) is -3.13. The van der Waals surface area contributed by atoms with E-state index in [0.29, 0.717) is 6.29 Å². The Bertz CT molecular complexity index is 409. The molecule has 0 bridgehead atoms. The molecule has 0 aliphatic heterocycles. The first-order valence-electron chi connectivity index (χ1n) is 4.55. The molecular formula is C10H9F2NO3. The van der Waals surface area contributed by atoms with Crippen LogP contribution in [0.5, 0.6) is 0 Å². The van der Waals surface area contributed by atoms with Gasteiger partial charge < -0.3 is 4.79 Å². The summed E-state index contributed by atoms with van der Waals surface area (Å²) in [5.41, 5.74) is -0.135. The van der Waals surface area contributed by atoms with Crippen molar-refractivity contribution in [2.24, 2.45) is 0 Å². The molecule has 1 aromatic rings. The Kier molecular flexibility index (Phi) is 4.04. The van der Waals surface area contributed by atoms with Crippen LogP contribution in [0.4, 0.5) is 8.78 Å². The van der Waals surface area contributed by atoms with Crippen molar-refractivity contribution in [3.05, 3.63) is 45.5 Å². The molecule has 16 heavy (non-hydrogen) atoms. The molecule has 0 aliphatic rings. The normalized spacial score (nSPS) is 12.1. The van der Waals surface area contributed by atoms with E-state index in [1.165, 1.54) is 12.1 Å². The monoisotopic (exact) mass is 229 g/mol. The average molecular weight is 229 g/mol. The number of rotatable bonds is 5. The number of aldehydes is 1. The van der Waals surface area contributed by atoms with Crippen LogP contribution in [0.2, 0.25) is 0 Å². The van der Waals surface area contributed by atoms with Gasteiger partial charge in [0.15, 0.2) is 11.6 Å². The van der Waals surface area contributed by atoms with Crippen LogP contribution in [0.3, 0.4) is 0 Å². The van der Waals surface area contributed by atoms with Crippen LogP contribution in [0.25, 0.3) is 0 Å². The Labute approximate surface area is 90.0 Å². The first-order valence-corrected chi connectivity index (χ1v) is 4.55. The molecule has 0 unspecified atom stereocenters. The van der Waals surface area contributed by atoms with Gasteiger partial charge in [0.1, 0.15) is 6.29 Å². The number of hydrogen-bond acceptors (Lipinski definition) is 3. The zero-order chi connectivity index (χ0) is 12.1. The fraction of sp³-hybridized carbons (Fsp3) is 0.300. The maximum absolute atomic E-state index is 13.3. The van der Waals surface area contributed by atoms with Crippen LogP contribution >= 0.6 is 0 Å². The van der Waals surface area contributed by atoms with Crippen molar-refractivity contribution in [2.75, 3.05) is 6.54 Å². The van der Waals surface area contributed by atoms with E-state index >= 15 is 0 Å². The predicted molar refractivity (Wildman–Crippen MR) is 51.6 cm³/mol. The Balaban J connectivity index is 3.04. The Hall–Kier alpha value is -1.85. The quantitative estimate of drug-likeness (QED) is 0.440. The first kappa shape index (κ1) is 12.2. The zero-order valence-electron chi connectivity index (χ0n) is 8.23. The van der Waals surface area contributed by atoms with Crippen molar-refractivity contribution in [3.8, 4) is 0 Å². The molecule has 0 heterocycles. The van der Waals surface area contributed by atoms with Crippen LogP contribution in [0.15, 0.2) is 18.2 Å². The molecule has 0 aromatic heterocycles. The Morgan fingerprint density at radius 1 is 1.44 bits per heavy atom. The molecule has 0 saturated carbocycles. The third-order valence-electron chi connectivity index (χ3n) is 2.17. The minimum atomic E-state index is -1.13. The molecule has 0 radical (unpaired) electrons. The number of nitrogens with zero attached hydrogens (tertiary/aromatic N) is 1. The van der Waals surface area contributed by atoms with Gasteiger partial charge in [-0.05, 0) is 6.07 Å². The van der Waals surface area contributed by atoms with E-state index in [4.69, 9.17) is 0 Å². The summed E-state index contributed by atoms with van der Waals surface area (Å²) in [4.78, 5) is 20.0. The third kappa shape index (κ3) is 2.82. The summed E-state index contributed by atoms with van der Waals surface area (Å²) < 4.78 is 26.2. The van der Waals surface area contributed by atoms with Crippen molar-refractivity contribution in [1.29, 1.82) is 0 Å². The zero-order valence-corrected chi connectivity index (χ0v) is 8.23. The molecule has 1 atom stereocenters. The SMILES string of the molecule is O=CC[C@H](C[N+](=O)[O-])c1cccc(F)c1F. The summed E-state index contributed by atoms with van der Waals surface area (Å²) in [7, 11) is 0. The van der Waals surface area contributed by atoms with Gasteiger partial charge in [-0.3, -0.25) is 10.1 Å². The molecule has 1 rings (SSSR count). The van der Waals surface area contributed by atoms with Gasteiger partial charge in [-0.1, -0.05) is 12.1 Å². The molecule has 0 fully saturated rings. The fourth-order valence-corrected chi connectivity index (χ4v) is 1.43. The van der Waals surface area contributed by atoms with E-state index in [-0.39, 0.29) is 12.0 Å². The molecule has 0 spiro atoms. The number of carbonyl (C=O) groups is 1. The van der Waals surface area contributed by atoms with Crippen LogP contribution in [0.1, 0.15) is 17.9 Å². The Morgan fingerprint density at radius 3 is 2.69 bits per heavy atom. The highest BCUT2D eigenvalue weighted by atomic mass is 19.2. The minimum Gasteiger partial charge on any atom is -0.303 e. The number of nitro groups is 1. The van der Waals surface area contributed by atoms with Crippen LogP contribution in [-0.2, 0) is 4.79 Å². The van der Waals surface area contributed by atoms with E-state index in [0.717, 1.165) is 6.07 Å². The smallest absolute Gasteiger partial charge is 0.211 e. The summed E-state index contributed by atoms with van der Waals surface area (Å²) in [6.45, 7) is -0.598. The lowest BCUT2D eigenvalue weighted by Crippen LogP contribution is -2.15. The number of hydrogen-bond donors (Lipinski definition) is 0. The van der Waals surface area contributed by atoms with E-state index in [1.807, 2.05) is 0 Å². The third-order valence-corrected chi connectivity index (χ3v) is 2.17. The second-order valence-electron chi connectivity index (χ2n) is 3.26. The standard InChI is InChI=1S/C10H9F2NO3/c11-9-3-1-2-8(10(9)12)7(4-5-14)6-13(15)16/h1-3,5,7H,4,6H2/t7-/m1/s1. The van der Waals surface area contributed by atoms with Gasteiger partial charge in [-0.15, -0.1) is 0 Å². The molecule has 4 nitrogen and oxygen atoms in total. The molecule has 0 saturated heterocycles. The largest absolute Gasteiger partial charge is 0.303 e. The van der Waals surface area contributed by atoms with E-state index < -0.39 is 29.0 Å². The van der Waals surface area contributed by atoms with Crippen LogP contribution in [-0.4, -0.2) is 17.8 Å². The molecule has 6 heteroatoms. The lowest BCUT2D eigenvalue weighted by Gasteiger charge is -2.11. The highest BCUT2D eigenvalue weighted by Crippen LogP contribution is 2.23. The second kappa shape index (κ2) is 5.29. The first-order chi connectivity index (χ1) is 7.56. The summed E-state index contributed by atoms with van der Waals surface area (Å²) in [6, 6.07) is 3.42. The van der Waals surface area contributed by atoms with Crippen LogP contribution < -0.4 is 0 Å². The highest BCUT2D eigenvalue weighted by molar-refractivity contribution is 5.51. The van der Waals surface area contributed by atoms with Crippen molar-refractivity contribution in [3.63, 3.8) is 0 Å². The lowest BCUT2D eigenvalue weighted by molar-refractivity contribution is -0.483. The molecular weight excluding hydrogens is 220 g/mol. The van der Waals surface area contributed by atoms with Gasteiger partial charge in [-0.2, -0.15) is 0 Å². The van der Waals surface area contributed by atoms with Gasteiger partial charge >= 0.3 is 0 Å². The van der Waals surface area contributed by atoms with Crippen molar-refractivity contribution < 1.29 is 18.5 Å². The van der Waals surface area contributed by atoms with Gasteiger partial charge in [0, 0.05) is 16.9 Å². The minimum absolute atomic E-state index is 0.135. The summed E-state index contributed by atoms with van der Waals surface area (Å²) >= 11 is 0. The van der Waals surface area contributed by atoms with E-state index in [2.05, 4.69) is 0 Å². The van der Waals surface area contributed by atoms with Crippen molar-refractivity contribution in [2.45, 2.75) is 12.3 Å². The molecule has 86 valence electrons. The van der Waals surface area contributed by atoms with Crippen LogP contribution in [0, 0.1) is 21.7 Å². The summed E-state index contributed by atoms with van der Waals surface area (Å²) in [5, 5.41) is 10.3. The molecule has 0 N–H and O–H groups in total. The van der Waals surface area contributed by atoms with E-state index in [9.17, 15) is 23.7 Å². The maximum Gasteiger partial charge on any atom is 0.211 e. The molecule has 0 aliphatic carbocycles. The van der Waals surface area contributed by atoms with E-state index in [1.54, 1.807) is 0 Å². The molecule has 1 aromatic carbocycles.